The van der Waals surface area contributed by atoms with Crippen molar-refractivity contribution in [3.05, 3.63) is 53.6 Å². The average molecular weight is 399 g/mol. The van der Waals surface area contributed by atoms with Crippen molar-refractivity contribution in [1.29, 1.82) is 0 Å². The molecule has 0 aliphatic heterocycles. The van der Waals surface area contributed by atoms with Crippen molar-refractivity contribution < 1.29 is 19.1 Å². The summed E-state index contributed by atoms with van der Waals surface area (Å²) in [5, 5.41) is 5.76. The molecule has 0 aliphatic rings. The molecule has 0 spiro atoms. The van der Waals surface area contributed by atoms with Crippen LogP contribution in [0.15, 0.2) is 42.5 Å². The molecule has 0 aliphatic carbocycles. The summed E-state index contributed by atoms with van der Waals surface area (Å²) < 4.78 is 10.3. The highest BCUT2D eigenvalue weighted by Crippen LogP contribution is 2.18. The molecule has 2 rings (SSSR count). The molecule has 0 fully saturated rings. The van der Waals surface area contributed by atoms with Crippen LogP contribution < -0.4 is 15.4 Å². The number of nitrogens with one attached hydrogen (secondary N) is 2. The standard InChI is InChI=1S/C22H29N3O4/c1-16-7-5-10-20(17(16)2)24-22(27)15-25(11-12-28-3)14-21(26)23-18-8-6-9-19(13-18)29-4/h5-10,13H,11-12,14-15H2,1-4H3,(H,23,26)(H,24,27). The predicted octanol–water partition coefficient (Wildman–Crippen LogP) is 2.84. The highest BCUT2D eigenvalue weighted by molar-refractivity contribution is 5.95. The van der Waals surface area contributed by atoms with Gasteiger partial charge in [0.1, 0.15) is 5.75 Å². The van der Waals surface area contributed by atoms with Gasteiger partial charge in [0.15, 0.2) is 0 Å². The largest absolute Gasteiger partial charge is 0.497 e. The molecule has 0 radical (unpaired) electrons. The number of carbonyl (C=O) groups is 2. The van der Waals surface area contributed by atoms with Crippen molar-refractivity contribution in [1.82, 2.24) is 4.90 Å². The molecular weight excluding hydrogens is 370 g/mol. The quantitative estimate of drug-likeness (QED) is 0.642. The van der Waals surface area contributed by atoms with Crippen LogP contribution in [0.1, 0.15) is 11.1 Å². The Balaban J connectivity index is 1.97. The van der Waals surface area contributed by atoms with Gasteiger partial charge in [0.2, 0.25) is 11.8 Å². The fourth-order valence-electron chi connectivity index (χ4n) is 2.82. The number of nitrogens with zero attached hydrogens (tertiary/aromatic N) is 1. The van der Waals surface area contributed by atoms with Crippen molar-refractivity contribution in [2.75, 3.05) is 51.1 Å². The summed E-state index contributed by atoms with van der Waals surface area (Å²) in [6, 6.07) is 12.9. The SMILES string of the molecule is COCCN(CC(=O)Nc1cccc(OC)c1)CC(=O)Nc1cccc(C)c1C. The van der Waals surface area contributed by atoms with E-state index in [1.165, 1.54) is 0 Å². The molecule has 0 atom stereocenters. The lowest BCUT2D eigenvalue weighted by Crippen LogP contribution is -2.40. The number of anilines is 2. The van der Waals surface area contributed by atoms with E-state index in [-0.39, 0.29) is 24.9 Å². The molecule has 7 nitrogen and oxygen atoms in total. The van der Waals surface area contributed by atoms with Crippen molar-refractivity contribution in [2.24, 2.45) is 0 Å². The van der Waals surface area contributed by atoms with Crippen LogP contribution in [0.25, 0.3) is 0 Å². The number of rotatable bonds is 10. The van der Waals surface area contributed by atoms with E-state index >= 15 is 0 Å². The lowest BCUT2D eigenvalue weighted by atomic mass is 10.1. The Morgan fingerprint density at radius 1 is 0.966 bits per heavy atom. The Hall–Kier alpha value is -2.90. The first-order valence-corrected chi connectivity index (χ1v) is 9.44. The smallest absolute Gasteiger partial charge is 0.238 e. The Morgan fingerprint density at radius 3 is 2.34 bits per heavy atom. The Kier molecular flexibility index (Phi) is 8.64. The summed E-state index contributed by atoms with van der Waals surface area (Å²) in [6.07, 6.45) is 0. The van der Waals surface area contributed by atoms with E-state index < -0.39 is 0 Å². The number of benzene rings is 2. The van der Waals surface area contributed by atoms with Gasteiger partial charge in [0.05, 0.1) is 26.8 Å². The molecule has 0 saturated carbocycles. The van der Waals surface area contributed by atoms with Gasteiger partial charge in [-0.3, -0.25) is 14.5 Å². The fraction of sp³-hybridized carbons (Fsp3) is 0.364. The Bertz CT molecular complexity index is 839. The third-order valence-corrected chi connectivity index (χ3v) is 4.58. The van der Waals surface area contributed by atoms with Gasteiger partial charge < -0.3 is 20.1 Å². The van der Waals surface area contributed by atoms with Crippen LogP contribution in [-0.2, 0) is 14.3 Å². The molecule has 7 heteroatoms. The molecule has 2 amide bonds. The molecule has 0 saturated heterocycles. The second-order valence-electron chi connectivity index (χ2n) is 6.78. The first kappa shape index (κ1) is 22.4. The van der Waals surface area contributed by atoms with E-state index in [2.05, 4.69) is 10.6 Å². The summed E-state index contributed by atoms with van der Waals surface area (Å²) in [5.41, 5.74) is 3.56. The van der Waals surface area contributed by atoms with Gasteiger partial charge in [-0.25, -0.2) is 0 Å². The van der Waals surface area contributed by atoms with Crippen molar-refractivity contribution in [3.8, 4) is 5.75 Å². The summed E-state index contributed by atoms with van der Waals surface area (Å²) in [5.74, 6) is 0.268. The highest BCUT2D eigenvalue weighted by Gasteiger charge is 2.16. The number of aryl methyl sites for hydroxylation is 1. The maximum absolute atomic E-state index is 12.5. The van der Waals surface area contributed by atoms with E-state index in [4.69, 9.17) is 9.47 Å². The van der Waals surface area contributed by atoms with Gasteiger partial charge in [0.25, 0.3) is 0 Å². The number of amides is 2. The van der Waals surface area contributed by atoms with Gasteiger partial charge in [-0.15, -0.1) is 0 Å². The zero-order chi connectivity index (χ0) is 21.2. The molecule has 0 bridgehead atoms. The summed E-state index contributed by atoms with van der Waals surface area (Å²) in [4.78, 5) is 26.7. The number of hydrogen-bond acceptors (Lipinski definition) is 5. The zero-order valence-electron chi connectivity index (χ0n) is 17.5. The van der Waals surface area contributed by atoms with Crippen LogP contribution in [0.2, 0.25) is 0 Å². The van der Waals surface area contributed by atoms with Crippen molar-refractivity contribution in [2.45, 2.75) is 13.8 Å². The summed E-state index contributed by atoms with van der Waals surface area (Å²) >= 11 is 0. The second kappa shape index (κ2) is 11.2. The summed E-state index contributed by atoms with van der Waals surface area (Å²) in [7, 11) is 3.16. The molecule has 2 N–H and O–H groups in total. The van der Waals surface area contributed by atoms with Gasteiger partial charge in [-0.2, -0.15) is 0 Å². The van der Waals surface area contributed by atoms with Crippen LogP contribution in [0.4, 0.5) is 11.4 Å². The topological polar surface area (TPSA) is 79.9 Å². The van der Waals surface area contributed by atoms with Crippen LogP contribution in [-0.4, -0.2) is 57.2 Å². The van der Waals surface area contributed by atoms with Crippen molar-refractivity contribution >= 4 is 23.2 Å². The van der Waals surface area contributed by atoms with Crippen LogP contribution in [0.3, 0.4) is 0 Å². The maximum Gasteiger partial charge on any atom is 0.238 e. The Morgan fingerprint density at radius 2 is 1.66 bits per heavy atom. The van der Waals surface area contributed by atoms with Gasteiger partial charge >= 0.3 is 0 Å². The van der Waals surface area contributed by atoms with Crippen LogP contribution in [0, 0.1) is 13.8 Å². The summed E-state index contributed by atoms with van der Waals surface area (Å²) in [6.45, 7) is 5.00. The lowest BCUT2D eigenvalue weighted by molar-refractivity contribution is -0.120. The van der Waals surface area contributed by atoms with E-state index in [1.807, 2.05) is 32.0 Å². The first-order chi connectivity index (χ1) is 13.9. The number of methoxy groups -OCH3 is 2. The minimum atomic E-state index is -0.214. The average Bonchev–Trinajstić information content (AvgIpc) is 2.69. The predicted molar refractivity (Wildman–Crippen MR) is 114 cm³/mol. The molecular formula is C22H29N3O4. The van der Waals surface area contributed by atoms with E-state index in [1.54, 1.807) is 43.4 Å². The van der Waals surface area contributed by atoms with Crippen LogP contribution >= 0.6 is 0 Å². The first-order valence-electron chi connectivity index (χ1n) is 9.44. The third kappa shape index (κ3) is 7.21. The molecule has 0 heterocycles. The number of carbonyl (C=O) groups excluding carboxylic acids is 2. The fourth-order valence-corrected chi connectivity index (χ4v) is 2.82. The van der Waals surface area contributed by atoms with Crippen molar-refractivity contribution in [3.63, 3.8) is 0 Å². The minimum absolute atomic E-state index is 0.0702. The van der Waals surface area contributed by atoms with E-state index in [9.17, 15) is 9.59 Å². The Labute approximate surface area is 172 Å². The molecule has 29 heavy (non-hydrogen) atoms. The van der Waals surface area contributed by atoms with Gasteiger partial charge in [-0.1, -0.05) is 18.2 Å². The minimum Gasteiger partial charge on any atom is -0.497 e. The van der Waals surface area contributed by atoms with Gasteiger partial charge in [0, 0.05) is 31.1 Å². The second-order valence-corrected chi connectivity index (χ2v) is 6.78. The molecule has 2 aromatic carbocycles. The lowest BCUT2D eigenvalue weighted by Gasteiger charge is -2.21. The number of hydrogen-bond donors (Lipinski definition) is 2. The van der Waals surface area contributed by atoms with Crippen LogP contribution in [0.5, 0.6) is 5.75 Å². The zero-order valence-corrected chi connectivity index (χ0v) is 17.5. The monoisotopic (exact) mass is 399 g/mol. The van der Waals surface area contributed by atoms with E-state index in [0.29, 0.717) is 24.6 Å². The maximum atomic E-state index is 12.5. The third-order valence-electron chi connectivity index (χ3n) is 4.58. The number of ether oxygens (including phenoxy) is 2. The molecule has 0 aromatic heterocycles. The van der Waals surface area contributed by atoms with Gasteiger partial charge in [-0.05, 0) is 43.2 Å². The highest BCUT2D eigenvalue weighted by atomic mass is 16.5. The molecule has 156 valence electrons. The molecule has 2 aromatic rings. The molecule has 0 unspecified atom stereocenters. The van der Waals surface area contributed by atoms with E-state index in [0.717, 1.165) is 16.8 Å². The normalized spacial score (nSPS) is 10.7.